The fourth-order valence-electron chi connectivity index (χ4n) is 4.16. The van der Waals surface area contributed by atoms with E-state index in [1.165, 1.54) is 5.69 Å². The Labute approximate surface area is 182 Å². The Morgan fingerprint density at radius 1 is 0.677 bits per heavy atom. The minimum absolute atomic E-state index is 0.104. The Morgan fingerprint density at radius 3 is 2.10 bits per heavy atom. The average molecular weight is 409 g/mol. The molecule has 1 fully saturated rings. The molecular weight excluding hydrogens is 384 g/mol. The van der Waals surface area contributed by atoms with Gasteiger partial charge in [0, 0.05) is 43.0 Å². The first-order valence-electron chi connectivity index (χ1n) is 10.6. The number of carbonyl (C=O) groups excluding carboxylic acids is 1. The number of carbonyl (C=O) groups is 1. The second-order valence-electron chi connectivity index (χ2n) is 7.72. The summed E-state index contributed by atoms with van der Waals surface area (Å²) < 4.78 is 5.47. The lowest BCUT2D eigenvalue weighted by Crippen LogP contribution is -2.48. The van der Waals surface area contributed by atoms with Crippen LogP contribution >= 0.6 is 0 Å². The zero-order valence-electron chi connectivity index (χ0n) is 17.3. The van der Waals surface area contributed by atoms with E-state index in [1.54, 1.807) is 6.26 Å². The van der Waals surface area contributed by atoms with Crippen LogP contribution in [0.25, 0.3) is 22.5 Å². The molecule has 0 radical (unpaired) electrons. The Kier molecular flexibility index (Phi) is 5.28. The van der Waals surface area contributed by atoms with E-state index in [0.29, 0.717) is 13.1 Å². The number of hydrogen-bond donors (Lipinski definition) is 0. The second kappa shape index (κ2) is 8.52. The third kappa shape index (κ3) is 3.97. The van der Waals surface area contributed by atoms with Crippen molar-refractivity contribution in [2.24, 2.45) is 0 Å². The van der Waals surface area contributed by atoms with Crippen molar-refractivity contribution in [1.29, 1.82) is 0 Å². The first-order chi connectivity index (χ1) is 15.3. The van der Waals surface area contributed by atoms with Crippen LogP contribution in [0, 0.1) is 0 Å². The predicted molar refractivity (Wildman–Crippen MR) is 124 cm³/mol. The van der Waals surface area contributed by atoms with Crippen molar-refractivity contribution < 1.29 is 9.21 Å². The van der Waals surface area contributed by atoms with Gasteiger partial charge in [-0.2, -0.15) is 0 Å². The summed E-state index contributed by atoms with van der Waals surface area (Å²) in [6.45, 7) is 3.06. The van der Waals surface area contributed by atoms with Gasteiger partial charge < -0.3 is 14.2 Å². The van der Waals surface area contributed by atoms with Crippen molar-refractivity contribution >= 4 is 11.6 Å². The van der Waals surface area contributed by atoms with E-state index in [0.717, 1.165) is 41.1 Å². The van der Waals surface area contributed by atoms with Crippen LogP contribution in [0.5, 0.6) is 0 Å². The van der Waals surface area contributed by atoms with Crippen LogP contribution in [-0.2, 0) is 0 Å². The monoisotopic (exact) mass is 408 g/mol. The van der Waals surface area contributed by atoms with Crippen LogP contribution in [0.3, 0.4) is 0 Å². The summed E-state index contributed by atoms with van der Waals surface area (Å²) in [5, 5.41) is 0. The molecule has 1 aliphatic rings. The van der Waals surface area contributed by atoms with Crippen molar-refractivity contribution in [2.45, 2.75) is 0 Å². The molecule has 1 amide bonds. The second-order valence-corrected chi connectivity index (χ2v) is 7.72. The van der Waals surface area contributed by atoms with Gasteiger partial charge in [0.2, 0.25) is 0 Å². The molecule has 5 rings (SSSR count). The summed E-state index contributed by atoms with van der Waals surface area (Å²) in [7, 11) is 0. The molecule has 3 aromatic carbocycles. The average Bonchev–Trinajstić information content (AvgIpc) is 3.40. The molecule has 154 valence electrons. The highest BCUT2D eigenvalue weighted by Gasteiger charge is 2.24. The van der Waals surface area contributed by atoms with Gasteiger partial charge in [-0.25, -0.2) is 0 Å². The van der Waals surface area contributed by atoms with Gasteiger partial charge in [0.05, 0.1) is 6.26 Å². The molecule has 0 N–H and O–H groups in total. The number of hydrogen-bond acceptors (Lipinski definition) is 3. The largest absolute Gasteiger partial charge is 0.464 e. The predicted octanol–water partition coefficient (Wildman–Crippen LogP) is 5.58. The molecule has 4 heteroatoms. The van der Waals surface area contributed by atoms with Crippen molar-refractivity contribution in [3.05, 3.63) is 103 Å². The lowest BCUT2D eigenvalue weighted by Gasteiger charge is -2.36. The zero-order chi connectivity index (χ0) is 21.0. The van der Waals surface area contributed by atoms with Crippen molar-refractivity contribution in [3.63, 3.8) is 0 Å². The van der Waals surface area contributed by atoms with E-state index < -0.39 is 0 Å². The summed E-state index contributed by atoms with van der Waals surface area (Å²) in [5.74, 6) is 0.978. The van der Waals surface area contributed by atoms with Crippen LogP contribution in [-0.4, -0.2) is 37.0 Å². The highest BCUT2D eigenvalue weighted by Crippen LogP contribution is 2.27. The first kappa shape index (κ1) is 19.2. The smallest absolute Gasteiger partial charge is 0.254 e. The third-order valence-corrected chi connectivity index (χ3v) is 5.85. The Morgan fingerprint density at radius 2 is 1.39 bits per heavy atom. The Balaban J connectivity index is 1.28. The molecular formula is C27H24N2O2. The van der Waals surface area contributed by atoms with Gasteiger partial charge >= 0.3 is 0 Å². The van der Waals surface area contributed by atoms with Crippen LogP contribution in [0.4, 0.5) is 5.69 Å². The number of nitrogens with zero attached hydrogens (tertiary/aromatic N) is 2. The van der Waals surface area contributed by atoms with E-state index in [1.807, 2.05) is 59.5 Å². The van der Waals surface area contributed by atoms with Crippen LogP contribution in [0.1, 0.15) is 10.4 Å². The standard InChI is InChI=1S/C27H24N2O2/c30-27(25-10-5-4-9-24(25)21-7-2-1-3-8-21)29-18-16-28(17-19-29)23-14-12-22(13-15-23)26-11-6-20-31-26/h1-15,20H,16-19H2. The third-order valence-electron chi connectivity index (χ3n) is 5.85. The fraction of sp³-hybridized carbons (Fsp3) is 0.148. The van der Waals surface area contributed by atoms with Gasteiger partial charge in [-0.05, 0) is 53.6 Å². The number of piperazine rings is 1. The molecule has 0 aliphatic carbocycles. The SMILES string of the molecule is O=C(c1ccccc1-c1ccccc1)N1CCN(c2ccc(-c3ccco3)cc2)CC1. The topological polar surface area (TPSA) is 36.7 Å². The minimum atomic E-state index is 0.104. The highest BCUT2D eigenvalue weighted by atomic mass is 16.3. The summed E-state index contributed by atoms with van der Waals surface area (Å²) >= 11 is 0. The Hall–Kier alpha value is -3.79. The molecule has 1 saturated heterocycles. The van der Waals surface area contributed by atoms with Crippen LogP contribution in [0.15, 0.2) is 102 Å². The fourth-order valence-corrected chi connectivity index (χ4v) is 4.16. The first-order valence-corrected chi connectivity index (χ1v) is 10.6. The van der Waals surface area contributed by atoms with E-state index in [2.05, 4.69) is 41.3 Å². The maximum Gasteiger partial charge on any atom is 0.254 e. The number of benzene rings is 3. The molecule has 4 nitrogen and oxygen atoms in total. The van der Waals surface area contributed by atoms with Crippen molar-refractivity contribution in [1.82, 2.24) is 4.90 Å². The van der Waals surface area contributed by atoms with E-state index in [9.17, 15) is 4.79 Å². The zero-order valence-corrected chi connectivity index (χ0v) is 17.3. The summed E-state index contributed by atoms with van der Waals surface area (Å²) in [5.41, 5.74) is 5.07. The van der Waals surface area contributed by atoms with Crippen molar-refractivity contribution in [3.8, 4) is 22.5 Å². The number of rotatable bonds is 4. The number of anilines is 1. The van der Waals surface area contributed by atoms with E-state index >= 15 is 0 Å². The summed E-state index contributed by atoms with van der Waals surface area (Å²) in [6.07, 6.45) is 1.69. The van der Waals surface area contributed by atoms with Gasteiger partial charge in [-0.3, -0.25) is 4.79 Å². The molecule has 2 heterocycles. The molecule has 0 unspecified atom stereocenters. The molecule has 0 spiro atoms. The lowest BCUT2D eigenvalue weighted by atomic mass is 9.98. The van der Waals surface area contributed by atoms with Gasteiger partial charge in [0.25, 0.3) is 5.91 Å². The quantitative estimate of drug-likeness (QED) is 0.443. The normalized spacial score (nSPS) is 13.9. The minimum Gasteiger partial charge on any atom is -0.464 e. The van der Waals surface area contributed by atoms with Gasteiger partial charge in [-0.1, -0.05) is 48.5 Å². The highest BCUT2D eigenvalue weighted by molar-refractivity contribution is 6.01. The summed E-state index contributed by atoms with van der Waals surface area (Å²) in [6, 6.07) is 30.3. The molecule has 0 atom stereocenters. The lowest BCUT2D eigenvalue weighted by molar-refractivity contribution is 0.0747. The van der Waals surface area contributed by atoms with E-state index in [-0.39, 0.29) is 5.91 Å². The maximum atomic E-state index is 13.3. The van der Waals surface area contributed by atoms with Crippen LogP contribution in [0.2, 0.25) is 0 Å². The molecule has 0 bridgehead atoms. The molecule has 1 aromatic heterocycles. The number of furan rings is 1. The Bertz CT molecular complexity index is 1140. The van der Waals surface area contributed by atoms with Gasteiger partial charge in [-0.15, -0.1) is 0 Å². The maximum absolute atomic E-state index is 13.3. The van der Waals surface area contributed by atoms with E-state index in [4.69, 9.17) is 4.42 Å². The van der Waals surface area contributed by atoms with Crippen molar-refractivity contribution in [2.75, 3.05) is 31.1 Å². The van der Waals surface area contributed by atoms with Gasteiger partial charge in [0.1, 0.15) is 5.76 Å². The van der Waals surface area contributed by atoms with Crippen LogP contribution < -0.4 is 4.90 Å². The molecule has 0 saturated carbocycles. The molecule has 4 aromatic rings. The number of amides is 1. The van der Waals surface area contributed by atoms with Gasteiger partial charge in [0.15, 0.2) is 0 Å². The molecule has 31 heavy (non-hydrogen) atoms. The summed E-state index contributed by atoms with van der Waals surface area (Å²) in [4.78, 5) is 17.6. The molecule has 1 aliphatic heterocycles.